The van der Waals surface area contributed by atoms with Crippen LogP contribution in [0.3, 0.4) is 0 Å². The van der Waals surface area contributed by atoms with Crippen LogP contribution in [0.4, 0.5) is 5.69 Å². The van der Waals surface area contributed by atoms with Crippen molar-refractivity contribution in [2.75, 3.05) is 6.61 Å². The van der Waals surface area contributed by atoms with Gasteiger partial charge >= 0.3 is 0 Å². The lowest BCUT2D eigenvalue weighted by molar-refractivity contribution is -0.385. The summed E-state index contributed by atoms with van der Waals surface area (Å²) in [7, 11) is 0. The lowest BCUT2D eigenvalue weighted by Gasteiger charge is -2.15. The van der Waals surface area contributed by atoms with E-state index >= 15 is 0 Å². The number of nitrogens with zero attached hydrogens (tertiary/aromatic N) is 1. The lowest BCUT2D eigenvalue weighted by atomic mass is 10.1. The van der Waals surface area contributed by atoms with Crippen LogP contribution < -0.4 is 5.32 Å². The fourth-order valence-electron chi connectivity index (χ4n) is 1.73. The van der Waals surface area contributed by atoms with E-state index in [1.165, 1.54) is 12.1 Å². The molecule has 0 aliphatic carbocycles. The van der Waals surface area contributed by atoms with E-state index in [-0.39, 0.29) is 18.3 Å². The van der Waals surface area contributed by atoms with Crippen molar-refractivity contribution < 1.29 is 10.0 Å². The van der Waals surface area contributed by atoms with E-state index in [4.69, 9.17) is 16.7 Å². The molecule has 0 radical (unpaired) electrons. The Labute approximate surface area is 111 Å². The summed E-state index contributed by atoms with van der Waals surface area (Å²) in [5, 5.41) is 23.4. The van der Waals surface area contributed by atoms with Gasteiger partial charge in [0, 0.05) is 35.8 Å². The Morgan fingerprint density at radius 2 is 2.28 bits per heavy atom. The quantitative estimate of drug-likeness (QED) is 0.591. The molecule has 0 saturated carbocycles. The molecule has 0 aliphatic rings. The predicted octanol–water partition coefficient (Wildman–Crippen LogP) is 2.50. The summed E-state index contributed by atoms with van der Waals surface area (Å²) < 4.78 is 0. The van der Waals surface area contributed by atoms with Crippen LogP contribution in [0.1, 0.15) is 25.3 Å². The van der Waals surface area contributed by atoms with Gasteiger partial charge in [-0.1, -0.05) is 18.5 Å². The van der Waals surface area contributed by atoms with Crippen molar-refractivity contribution in [1.29, 1.82) is 0 Å². The molecule has 0 fully saturated rings. The van der Waals surface area contributed by atoms with Gasteiger partial charge in [-0.3, -0.25) is 10.1 Å². The second-order valence-corrected chi connectivity index (χ2v) is 4.46. The number of aliphatic hydroxyl groups is 1. The van der Waals surface area contributed by atoms with Gasteiger partial charge in [-0.15, -0.1) is 0 Å². The Morgan fingerprint density at radius 1 is 1.56 bits per heavy atom. The topological polar surface area (TPSA) is 75.4 Å². The van der Waals surface area contributed by atoms with Gasteiger partial charge in [0.1, 0.15) is 0 Å². The Hall–Kier alpha value is -1.17. The van der Waals surface area contributed by atoms with Crippen LogP contribution in [-0.2, 0) is 6.54 Å². The van der Waals surface area contributed by atoms with Gasteiger partial charge in [0.15, 0.2) is 0 Å². The highest BCUT2D eigenvalue weighted by molar-refractivity contribution is 6.30. The minimum Gasteiger partial charge on any atom is -0.396 e. The van der Waals surface area contributed by atoms with Crippen LogP contribution in [0.5, 0.6) is 0 Å². The smallest absolute Gasteiger partial charge is 0.273 e. The van der Waals surface area contributed by atoms with E-state index in [1.807, 2.05) is 6.92 Å². The average molecular weight is 273 g/mol. The van der Waals surface area contributed by atoms with Crippen LogP contribution in [0.25, 0.3) is 0 Å². The normalized spacial score (nSPS) is 12.4. The Morgan fingerprint density at radius 3 is 2.83 bits per heavy atom. The molecule has 0 saturated heterocycles. The molecular weight excluding hydrogens is 256 g/mol. The summed E-state index contributed by atoms with van der Waals surface area (Å²) in [6.07, 6.45) is 1.49. The molecule has 5 nitrogen and oxygen atoms in total. The molecule has 1 aromatic rings. The third-order valence-electron chi connectivity index (χ3n) is 2.79. The van der Waals surface area contributed by atoms with Crippen molar-refractivity contribution >= 4 is 17.3 Å². The van der Waals surface area contributed by atoms with E-state index in [2.05, 4.69) is 5.32 Å². The molecule has 2 N–H and O–H groups in total. The van der Waals surface area contributed by atoms with Gasteiger partial charge in [-0.05, 0) is 25.0 Å². The van der Waals surface area contributed by atoms with Crippen LogP contribution >= 0.6 is 11.6 Å². The minimum atomic E-state index is -0.416. The van der Waals surface area contributed by atoms with Crippen LogP contribution in [0.15, 0.2) is 18.2 Å². The number of rotatable bonds is 7. The Kier molecular flexibility index (Phi) is 6.04. The summed E-state index contributed by atoms with van der Waals surface area (Å²) in [4.78, 5) is 10.5. The van der Waals surface area contributed by atoms with E-state index in [0.717, 1.165) is 6.42 Å². The maximum Gasteiger partial charge on any atom is 0.273 e. The standard InChI is InChI=1S/C12H17ClN2O3/c1-2-11(5-6-16)14-8-9-7-10(13)3-4-12(9)15(17)18/h3-4,7,11,14,16H,2,5-6,8H2,1H3. The fourth-order valence-corrected chi connectivity index (χ4v) is 1.93. The minimum absolute atomic E-state index is 0.0609. The molecule has 1 rings (SSSR count). The van der Waals surface area contributed by atoms with Gasteiger partial charge in [0.05, 0.1) is 4.92 Å². The van der Waals surface area contributed by atoms with Gasteiger partial charge in [-0.2, -0.15) is 0 Å². The van der Waals surface area contributed by atoms with Crippen molar-refractivity contribution in [2.45, 2.75) is 32.4 Å². The number of hydrogen-bond donors (Lipinski definition) is 2. The van der Waals surface area contributed by atoms with Crippen LogP contribution in [-0.4, -0.2) is 22.7 Å². The first-order valence-corrected chi connectivity index (χ1v) is 6.23. The molecule has 18 heavy (non-hydrogen) atoms. The molecule has 0 bridgehead atoms. The first-order chi connectivity index (χ1) is 8.58. The molecule has 0 aliphatic heterocycles. The summed E-state index contributed by atoms with van der Waals surface area (Å²) in [6, 6.07) is 4.66. The summed E-state index contributed by atoms with van der Waals surface area (Å²) in [5.41, 5.74) is 0.620. The molecule has 1 atom stereocenters. The number of halogens is 1. The van der Waals surface area contributed by atoms with Crippen LogP contribution in [0.2, 0.25) is 5.02 Å². The molecule has 100 valence electrons. The molecular formula is C12H17ClN2O3. The Bertz CT molecular complexity index is 412. The Balaban J connectivity index is 2.76. The average Bonchev–Trinajstić information content (AvgIpc) is 2.34. The van der Waals surface area contributed by atoms with Gasteiger partial charge in [-0.25, -0.2) is 0 Å². The predicted molar refractivity (Wildman–Crippen MR) is 70.7 cm³/mol. The third kappa shape index (κ3) is 4.25. The van der Waals surface area contributed by atoms with Crippen LogP contribution in [0, 0.1) is 10.1 Å². The van der Waals surface area contributed by atoms with Gasteiger partial charge in [0.2, 0.25) is 0 Å². The summed E-state index contributed by atoms with van der Waals surface area (Å²) in [6.45, 7) is 2.47. The first kappa shape index (κ1) is 14.9. The number of benzene rings is 1. The maximum atomic E-state index is 10.9. The molecule has 0 heterocycles. The zero-order valence-electron chi connectivity index (χ0n) is 10.2. The van der Waals surface area contributed by atoms with Crippen molar-refractivity contribution in [3.8, 4) is 0 Å². The first-order valence-electron chi connectivity index (χ1n) is 5.85. The monoisotopic (exact) mass is 272 g/mol. The second-order valence-electron chi connectivity index (χ2n) is 4.03. The van der Waals surface area contributed by atoms with Gasteiger partial charge in [0.25, 0.3) is 5.69 Å². The number of nitrogens with one attached hydrogen (secondary N) is 1. The molecule has 0 aromatic heterocycles. The highest BCUT2D eigenvalue weighted by atomic mass is 35.5. The summed E-state index contributed by atoms with van der Waals surface area (Å²) >= 11 is 5.84. The molecule has 1 aromatic carbocycles. The number of nitro benzene ring substituents is 1. The number of aliphatic hydroxyl groups excluding tert-OH is 1. The third-order valence-corrected chi connectivity index (χ3v) is 3.02. The highest BCUT2D eigenvalue weighted by Crippen LogP contribution is 2.22. The SMILES string of the molecule is CCC(CCO)NCc1cc(Cl)ccc1[N+](=O)[O-]. The van der Waals surface area contributed by atoms with E-state index in [1.54, 1.807) is 6.07 Å². The second kappa shape index (κ2) is 7.31. The van der Waals surface area contributed by atoms with Crippen molar-refractivity contribution in [2.24, 2.45) is 0 Å². The highest BCUT2D eigenvalue weighted by Gasteiger charge is 2.14. The number of hydrogen-bond acceptors (Lipinski definition) is 4. The van der Waals surface area contributed by atoms with Crippen molar-refractivity contribution in [3.05, 3.63) is 38.9 Å². The molecule has 6 heteroatoms. The molecule has 1 unspecified atom stereocenters. The number of nitro groups is 1. The molecule has 0 amide bonds. The maximum absolute atomic E-state index is 10.9. The zero-order chi connectivity index (χ0) is 13.5. The van der Waals surface area contributed by atoms with Crippen molar-refractivity contribution in [3.63, 3.8) is 0 Å². The van der Waals surface area contributed by atoms with Gasteiger partial charge < -0.3 is 10.4 Å². The summed E-state index contributed by atoms with van der Waals surface area (Å²) in [5.74, 6) is 0. The largest absolute Gasteiger partial charge is 0.396 e. The zero-order valence-corrected chi connectivity index (χ0v) is 11.0. The lowest BCUT2D eigenvalue weighted by Crippen LogP contribution is -2.29. The van der Waals surface area contributed by atoms with Crippen molar-refractivity contribution in [1.82, 2.24) is 5.32 Å². The molecule has 0 spiro atoms. The van der Waals surface area contributed by atoms with E-state index < -0.39 is 4.92 Å². The van der Waals surface area contributed by atoms with E-state index in [9.17, 15) is 10.1 Å². The fraction of sp³-hybridized carbons (Fsp3) is 0.500. The van der Waals surface area contributed by atoms with E-state index in [0.29, 0.717) is 23.6 Å².